The Morgan fingerprint density at radius 3 is 2.24 bits per heavy atom. The summed E-state index contributed by atoms with van der Waals surface area (Å²) in [6, 6.07) is 13.3. The van der Waals surface area contributed by atoms with Crippen LogP contribution in [-0.4, -0.2) is 41.0 Å². The largest absolute Gasteiger partial charge is 0.444 e. The summed E-state index contributed by atoms with van der Waals surface area (Å²) in [4.78, 5) is 40.7. The summed E-state index contributed by atoms with van der Waals surface area (Å²) in [6.45, 7) is 9.67. The van der Waals surface area contributed by atoms with Crippen molar-refractivity contribution in [2.24, 2.45) is 0 Å². The van der Waals surface area contributed by atoms with E-state index in [9.17, 15) is 14.4 Å². The highest BCUT2D eigenvalue weighted by Crippen LogP contribution is 2.25. The summed E-state index contributed by atoms with van der Waals surface area (Å²) in [5.41, 5.74) is 2.62. The van der Waals surface area contributed by atoms with E-state index < -0.39 is 23.8 Å². The third-order valence-corrected chi connectivity index (χ3v) is 5.59. The zero-order chi connectivity index (χ0) is 24.2. The third kappa shape index (κ3) is 6.12. The number of rotatable bonds is 5. The predicted octanol–water partition coefficient (Wildman–Crippen LogP) is 4.50. The van der Waals surface area contributed by atoms with Crippen LogP contribution in [0.15, 0.2) is 48.5 Å². The van der Waals surface area contributed by atoms with E-state index in [1.807, 2.05) is 50.2 Å². The number of likely N-dealkylation sites (tertiary alicyclic amines) is 1. The second-order valence-electron chi connectivity index (χ2n) is 9.44. The molecule has 0 bridgehead atoms. The number of anilines is 1. The fourth-order valence-corrected chi connectivity index (χ4v) is 3.97. The first kappa shape index (κ1) is 24.3. The molecule has 1 fully saturated rings. The molecule has 7 heteroatoms. The van der Waals surface area contributed by atoms with Gasteiger partial charge in [0.05, 0.1) is 0 Å². The first-order valence-corrected chi connectivity index (χ1v) is 11.3. The second kappa shape index (κ2) is 10.1. The number of ether oxygens (including phenoxy) is 1. The predicted molar refractivity (Wildman–Crippen MR) is 128 cm³/mol. The van der Waals surface area contributed by atoms with Gasteiger partial charge in [-0.25, -0.2) is 4.79 Å². The Bertz CT molecular complexity index is 994. The zero-order valence-electron chi connectivity index (χ0n) is 20.0. The van der Waals surface area contributed by atoms with E-state index in [1.165, 1.54) is 4.90 Å². The molecule has 0 aromatic heterocycles. The van der Waals surface area contributed by atoms with Crippen LogP contribution < -0.4 is 10.6 Å². The molecule has 3 rings (SSSR count). The number of benzene rings is 2. The van der Waals surface area contributed by atoms with Gasteiger partial charge < -0.3 is 15.4 Å². The molecule has 2 aromatic carbocycles. The van der Waals surface area contributed by atoms with Crippen molar-refractivity contribution < 1.29 is 19.1 Å². The smallest absolute Gasteiger partial charge is 0.410 e. The molecule has 1 saturated heterocycles. The van der Waals surface area contributed by atoms with Crippen molar-refractivity contribution in [3.8, 4) is 0 Å². The molecule has 0 spiro atoms. The lowest BCUT2D eigenvalue weighted by Gasteiger charge is -2.29. The minimum absolute atomic E-state index is 0.339. The number of para-hydroxylation sites is 1. The monoisotopic (exact) mass is 451 g/mol. The van der Waals surface area contributed by atoms with Gasteiger partial charge in [-0.3, -0.25) is 14.5 Å². The van der Waals surface area contributed by atoms with Crippen molar-refractivity contribution in [2.75, 3.05) is 11.9 Å². The van der Waals surface area contributed by atoms with Gasteiger partial charge in [0.2, 0.25) is 5.91 Å². The van der Waals surface area contributed by atoms with E-state index in [1.54, 1.807) is 32.9 Å². The quantitative estimate of drug-likeness (QED) is 0.701. The minimum Gasteiger partial charge on any atom is -0.444 e. The Balaban J connectivity index is 1.81. The average Bonchev–Trinajstić information content (AvgIpc) is 3.24. The normalized spacial score (nSPS) is 16.8. The van der Waals surface area contributed by atoms with E-state index >= 15 is 0 Å². The van der Waals surface area contributed by atoms with Gasteiger partial charge >= 0.3 is 6.09 Å². The van der Waals surface area contributed by atoms with Gasteiger partial charge in [0.15, 0.2) is 0 Å². The molecule has 0 saturated carbocycles. The van der Waals surface area contributed by atoms with Crippen LogP contribution in [0.2, 0.25) is 0 Å². The molecular formula is C26H33N3O4. The van der Waals surface area contributed by atoms with Gasteiger partial charge in [-0.05, 0) is 64.2 Å². The molecule has 7 nitrogen and oxygen atoms in total. The summed E-state index contributed by atoms with van der Waals surface area (Å²) in [5.74, 6) is -0.711. The lowest BCUT2D eigenvalue weighted by atomic mass is 10.0. The zero-order valence-corrected chi connectivity index (χ0v) is 20.0. The van der Waals surface area contributed by atoms with Gasteiger partial charge in [-0.15, -0.1) is 0 Å². The van der Waals surface area contributed by atoms with Crippen LogP contribution in [0.1, 0.15) is 56.3 Å². The highest BCUT2D eigenvalue weighted by molar-refractivity contribution is 5.99. The van der Waals surface area contributed by atoms with Crippen LogP contribution in [0.4, 0.5) is 10.5 Å². The molecule has 1 aliphatic heterocycles. The first-order valence-electron chi connectivity index (χ1n) is 11.3. The van der Waals surface area contributed by atoms with Gasteiger partial charge in [0.25, 0.3) is 5.91 Å². The number of hydrogen-bond acceptors (Lipinski definition) is 4. The van der Waals surface area contributed by atoms with Crippen LogP contribution in [0.3, 0.4) is 0 Å². The van der Waals surface area contributed by atoms with Gasteiger partial charge in [-0.1, -0.05) is 48.5 Å². The summed E-state index contributed by atoms with van der Waals surface area (Å²) in [7, 11) is 0. The molecule has 0 unspecified atom stereocenters. The van der Waals surface area contributed by atoms with E-state index in [-0.39, 0.29) is 11.8 Å². The minimum atomic E-state index is -0.904. The van der Waals surface area contributed by atoms with E-state index in [4.69, 9.17) is 4.74 Å². The van der Waals surface area contributed by atoms with Crippen molar-refractivity contribution in [3.63, 3.8) is 0 Å². The number of aryl methyl sites for hydroxylation is 2. The molecule has 2 atom stereocenters. The Kier molecular flexibility index (Phi) is 7.41. The fourth-order valence-electron chi connectivity index (χ4n) is 3.97. The maximum Gasteiger partial charge on any atom is 0.410 e. The average molecular weight is 452 g/mol. The molecule has 1 heterocycles. The number of carbonyl (C=O) groups is 3. The van der Waals surface area contributed by atoms with Gasteiger partial charge in [0, 0.05) is 12.2 Å². The highest BCUT2D eigenvalue weighted by atomic mass is 16.6. The molecular weight excluding hydrogens is 418 g/mol. The molecule has 1 aliphatic rings. The van der Waals surface area contributed by atoms with Gasteiger partial charge in [-0.2, -0.15) is 0 Å². The standard InChI is InChI=1S/C26H33N3O4/c1-17-11-9-12-18(2)21(17)27-24(31)22(19-13-7-6-8-14-19)28-23(30)20-15-10-16-29(20)25(32)33-26(3,4)5/h6-9,11-14,20,22H,10,15-16H2,1-5H3,(H,27,31)(H,28,30)/t20-,22+/m0/s1. The molecule has 176 valence electrons. The van der Waals surface area contributed by atoms with E-state index in [0.717, 1.165) is 16.8 Å². The highest BCUT2D eigenvalue weighted by Gasteiger charge is 2.38. The Morgan fingerprint density at radius 1 is 1.00 bits per heavy atom. The Labute approximate surface area is 195 Å². The number of nitrogens with one attached hydrogen (secondary N) is 2. The van der Waals surface area contributed by atoms with E-state index in [0.29, 0.717) is 24.9 Å². The van der Waals surface area contributed by atoms with Crippen LogP contribution >= 0.6 is 0 Å². The van der Waals surface area contributed by atoms with Crippen molar-refractivity contribution >= 4 is 23.6 Å². The molecule has 2 N–H and O–H groups in total. The number of carbonyl (C=O) groups excluding carboxylic acids is 3. The van der Waals surface area contributed by atoms with Gasteiger partial charge in [0.1, 0.15) is 17.7 Å². The topological polar surface area (TPSA) is 87.7 Å². The number of hydrogen-bond donors (Lipinski definition) is 2. The SMILES string of the molecule is Cc1cccc(C)c1NC(=O)[C@H](NC(=O)[C@@H]1CCCN1C(=O)OC(C)(C)C)c1ccccc1. The molecule has 3 amide bonds. The molecule has 0 radical (unpaired) electrons. The van der Waals surface area contributed by atoms with Crippen molar-refractivity contribution in [1.82, 2.24) is 10.2 Å². The maximum absolute atomic E-state index is 13.3. The maximum atomic E-state index is 13.3. The Hall–Kier alpha value is -3.35. The number of nitrogens with zero attached hydrogens (tertiary/aromatic N) is 1. The lowest BCUT2D eigenvalue weighted by Crippen LogP contribution is -2.49. The van der Waals surface area contributed by atoms with Crippen LogP contribution in [0, 0.1) is 13.8 Å². The van der Waals surface area contributed by atoms with Crippen LogP contribution in [0.25, 0.3) is 0 Å². The molecule has 0 aliphatic carbocycles. The summed E-state index contributed by atoms with van der Waals surface area (Å²) in [6.07, 6.45) is 0.698. The molecule has 2 aromatic rings. The van der Waals surface area contributed by atoms with Crippen LogP contribution in [-0.2, 0) is 14.3 Å². The number of amides is 3. The van der Waals surface area contributed by atoms with Crippen molar-refractivity contribution in [3.05, 3.63) is 65.2 Å². The summed E-state index contributed by atoms with van der Waals surface area (Å²) in [5, 5.41) is 5.86. The van der Waals surface area contributed by atoms with E-state index in [2.05, 4.69) is 10.6 Å². The Morgan fingerprint density at radius 2 is 1.64 bits per heavy atom. The first-order chi connectivity index (χ1) is 15.6. The second-order valence-corrected chi connectivity index (χ2v) is 9.44. The summed E-state index contributed by atoms with van der Waals surface area (Å²) < 4.78 is 5.47. The summed E-state index contributed by atoms with van der Waals surface area (Å²) >= 11 is 0. The van der Waals surface area contributed by atoms with Crippen molar-refractivity contribution in [1.29, 1.82) is 0 Å². The fraction of sp³-hybridized carbons (Fsp3) is 0.423. The van der Waals surface area contributed by atoms with Crippen LogP contribution in [0.5, 0.6) is 0 Å². The van der Waals surface area contributed by atoms with Crippen molar-refractivity contribution in [2.45, 2.75) is 65.1 Å². The molecule has 33 heavy (non-hydrogen) atoms. The lowest BCUT2D eigenvalue weighted by molar-refractivity contribution is -0.129. The third-order valence-electron chi connectivity index (χ3n) is 5.59.